The molecule has 0 aliphatic carbocycles. The van der Waals surface area contributed by atoms with Gasteiger partial charge in [0.05, 0.1) is 11.1 Å². The predicted molar refractivity (Wildman–Crippen MR) is 122 cm³/mol. The molecule has 0 radical (unpaired) electrons. The van der Waals surface area contributed by atoms with Gasteiger partial charge >= 0.3 is 0 Å². The maximum absolute atomic E-state index is 13.6. The molecule has 5 aromatic rings. The Labute approximate surface area is 183 Å². The third-order valence-corrected chi connectivity index (χ3v) is 5.41. The zero-order valence-electron chi connectivity index (χ0n) is 17.6. The number of carbonyl (C=O) groups excluding carboxylic acids is 1. The fourth-order valence-corrected chi connectivity index (χ4v) is 3.63. The van der Waals surface area contributed by atoms with Gasteiger partial charge in [0.2, 0.25) is 11.2 Å². The summed E-state index contributed by atoms with van der Waals surface area (Å²) in [7, 11) is 0. The van der Waals surface area contributed by atoms with E-state index in [2.05, 4.69) is 10.1 Å². The fraction of sp³-hybridized carbons (Fsp3) is 0.0769. The number of fused-ring (bicyclic) bond motifs is 1. The third-order valence-electron chi connectivity index (χ3n) is 5.41. The average Bonchev–Trinajstić information content (AvgIpc) is 3.34. The Kier molecular flexibility index (Phi) is 4.75. The Balaban J connectivity index is 1.78. The fourth-order valence-electron chi connectivity index (χ4n) is 3.63. The van der Waals surface area contributed by atoms with Gasteiger partial charge in [0.1, 0.15) is 29.6 Å². The van der Waals surface area contributed by atoms with Crippen LogP contribution in [0.5, 0.6) is 0 Å². The van der Waals surface area contributed by atoms with E-state index < -0.39 is 0 Å². The average molecular weight is 421 g/mol. The normalized spacial score (nSPS) is 11.1. The minimum atomic E-state index is -0.364. The zero-order valence-corrected chi connectivity index (χ0v) is 17.6. The summed E-state index contributed by atoms with van der Waals surface area (Å²) in [6.45, 7) is 3.92. The lowest BCUT2D eigenvalue weighted by molar-refractivity contribution is 0.103. The zero-order chi connectivity index (χ0) is 22.2. The molecule has 0 aliphatic heterocycles. The monoisotopic (exact) mass is 421 g/mol. The number of hydrogen-bond donors (Lipinski definition) is 0. The van der Waals surface area contributed by atoms with Crippen molar-refractivity contribution in [3.63, 3.8) is 0 Å². The maximum atomic E-state index is 13.6. The molecule has 0 unspecified atom stereocenters. The van der Waals surface area contributed by atoms with E-state index in [1.807, 2.05) is 50.2 Å². The van der Waals surface area contributed by atoms with Gasteiger partial charge in [-0.25, -0.2) is 9.67 Å². The van der Waals surface area contributed by atoms with Crippen LogP contribution in [0.1, 0.15) is 27.0 Å². The standard InChI is InChI=1S/C26H19N3O3/c1-16-3-7-18(8-4-16)24(30)23-25(31)21-12-11-20(29-15-27-14-28-29)13-22(21)32-26(23)19-9-5-17(2)6-10-19/h3-15H,1-2H3. The minimum Gasteiger partial charge on any atom is -0.455 e. The highest BCUT2D eigenvalue weighted by atomic mass is 16.3. The molecule has 0 spiro atoms. The molecule has 156 valence electrons. The molecule has 5 rings (SSSR count). The predicted octanol–water partition coefficient (Wildman–Crippen LogP) is 4.89. The SMILES string of the molecule is Cc1ccc(C(=O)c2c(-c3ccc(C)cc3)oc3cc(-n4cncn4)ccc3c2=O)cc1. The largest absolute Gasteiger partial charge is 0.455 e. The van der Waals surface area contributed by atoms with Crippen LogP contribution >= 0.6 is 0 Å². The first kappa shape index (κ1) is 19.6. The first-order valence-corrected chi connectivity index (χ1v) is 10.2. The topological polar surface area (TPSA) is 78.0 Å². The van der Waals surface area contributed by atoms with Gasteiger partial charge in [-0.15, -0.1) is 0 Å². The summed E-state index contributed by atoms with van der Waals surface area (Å²) in [6, 6.07) is 19.8. The molecule has 0 bridgehead atoms. The molecule has 2 heterocycles. The van der Waals surface area contributed by atoms with Crippen molar-refractivity contribution in [1.82, 2.24) is 14.8 Å². The summed E-state index contributed by atoms with van der Waals surface area (Å²) in [5, 5.41) is 4.46. The Morgan fingerprint density at radius 3 is 2.25 bits per heavy atom. The van der Waals surface area contributed by atoms with Gasteiger partial charge in [-0.1, -0.05) is 59.7 Å². The van der Waals surface area contributed by atoms with Crippen molar-refractivity contribution in [3.8, 4) is 17.0 Å². The molecular formula is C26H19N3O3. The lowest BCUT2D eigenvalue weighted by Crippen LogP contribution is -2.18. The quantitative estimate of drug-likeness (QED) is 0.386. The van der Waals surface area contributed by atoms with Crippen molar-refractivity contribution >= 4 is 16.8 Å². The van der Waals surface area contributed by atoms with E-state index in [0.717, 1.165) is 11.1 Å². The second kappa shape index (κ2) is 7.74. The van der Waals surface area contributed by atoms with Crippen molar-refractivity contribution in [1.29, 1.82) is 0 Å². The summed E-state index contributed by atoms with van der Waals surface area (Å²) < 4.78 is 7.80. The molecule has 6 nitrogen and oxygen atoms in total. The summed E-state index contributed by atoms with van der Waals surface area (Å²) >= 11 is 0. The van der Waals surface area contributed by atoms with Crippen LogP contribution in [0.15, 0.2) is 88.6 Å². The van der Waals surface area contributed by atoms with Crippen molar-refractivity contribution < 1.29 is 9.21 Å². The van der Waals surface area contributed by atoms with E-state index in [1.54, 1.807) is 41.3 Å². The molecule has 0 atom stereocenters. The van der Waals surface area contributed by atoms with Crippen molar-refractivity contribution in [2.45, 2.75) is 13.8 Å². The molecule has 3 aromatic carbocycles. The van der Waals surface area contributed by atoms with Crippen LogP contribution in [0.2, 0.25) is 0 Å². The Morgan fingerprint density at radius 1 is 0.906 bits per heavy atom. The van der Waals surface area contributed by atoms with Crippen LogP contribution in [0.4, 0.5) is 0 Å². The number of aromatic nitrogens is 3. The van der Waals surface area contributed by atoms with Gasteiger partial charge in [-0.2, -0.15) is 5.10 Å². The summed E-state index contributed by atoms with van der Waals surface area (Å²) in [4.78, 5) is 31.0. The lowest BCUT2D eigenvalue weighted by Gasteiger charge is -2.11. The molecule has 0 fully saturated rings. The highest BCUT2D eigenvalue weighted by Gasteiger charge is 2.23. The smallest absolute Gasteiger partial charge is 0.204 e. The molecule has 0 amide bonds. The molecule has 0 saturated carbocycles. The molecular weight excluding hydrogens is 402 g/mol. The van der Waals surface area contributed by atoms with E-state index in [-0.39, 0.29) is 22.5 Å². The highest BCUT2D eigenvalue weighted by Crippen LogP contribution is 2.29. The van der Waals surface area contributed by atoms with Crippen molar-refractivity contribution in [2.75, 3.05) is 0 Å². The molecule has 32 heavy (non-hydrogen) atoms. The van der Waals surface area contributed by atoms with Gasteiger partial charge in [0, 0.05) is 17.2 Å². The van der Waals surface area contributed by atoms with E-state index in [4.69, 9.17) is 4.42 Å². The Bertz CT molecular complexity index is 1500. The first-order chi connectivity index (χ1) is 15.5. The van der Waals surface area contributed by atoms with Crippen LogP contribution < -0.4 is 5.43 Å². The molecule has 6 heteroatoms. The first-order valence-electron chi connectivity index (χ1n) is 10.2. The highest BCUT2D eigenvalue weighted by molar-refractivity contribution is 6.13. The second-order valence-corrected chi connectivity index (χ2v) is 7.72. The number of aryl methyl sites for hydroxylation is 2. The number of rotatable bonds is 4. The number of ketones is 1. The maximum Gasteiger partial charge on any atom is 0.204 e. The van der Waals surface area contributed by atoms with Crippen LogP contribution in [-0.4, -0.2) is 20.5 Å². The Hall–Kier alpha value is -4.32. The summed E-state index contributed by atoms with van der Waals surface area (Å²) in [6.07, 6.45) is 3.00. The summed E-state index contributed by atoms with van der Waals surface area (Å²) in [5.74, 6) is -0.111. The van der Waals surface area contributed by atoms with Crippen molar-refractivity contribution in [3.05, 3.63) is 112 Å². The van der Waals surface area contributed by atoms with Gasteiger partial charge in [0.15, 0.2) is 0 Å². The van der Waals surface area contributed by atoms with Crippen LogP contribution in [0.25, 0.3) is 28.0 Å². The number of nitrogens with zero attached hydrogens (tertiary/aromatic N) is 3. The van der Waals surface area contributed by atoms with Crippen LogP contribution in [-0.2, 0) is 0 Å². The van der Waals surface area contributed by atoms with Gasteiger partial charge in [-0.05, 0) is 26.0 Å². The van der Waals surface area contributed by atoms with Crippen LogP contribution in [0, 0.1) is 13.8 Å². The van der Waals surface area contributed by atoms with Crippen molar-refractivity contribution in [2.24, 2.45) is 0 Å². The Morgan fingerprint density at radius 2 is 1.59 bits per heavy atom. The number of benzene rings is 3. The minimum absolute atomic E-state index is 0.0266. The van der Waals surface area contributed by atoms with Gasteiger partial charge in [0.25, 0.3) is 0 Å². The van der Waals surface area contributed by atoms with E-state index in [0.29, 0.717) is 27.8 Å². The number of hydrogen-bond acceptors (Lipinski definition) is 5. The third kappa shape index (κ3) is 3.41. The van der Waals surface area contributed by atoms with E-state index in [9.17, 15) is 9.59 Å². The molecule has 0 N–H and O–H groups in total. The van der Waals surface area contributed by atoms with E-state index >= 15 is 0 Å². The van der Waals surface area contributed by atoms with Gasteiger partial charge in [-0.3, -0.25) is 9.59 Å². The molecule has 2 aromatic heterocycles. The molecule has 0 aliphatic rings. The molecule has 0 saturated heterocycles. The number of carbonyl (C=O) groups is 1. The lowest BCUT2D eigenvalue weighted by atomic mass is 9.96. The van der Waals surface area contributed by atoms with E-state index in [1.165, 1.54) is 6.33 Å². The van der Waals surface area contributed by atoms with Gasteiger partial charge < -0.3 is 4.42 Å². The second-order valence-electron chi connectivity index (χ2n) is 7.72. The summed E-state index contributed by atoms with van der Waals surface area (Å²) in [5.41, 5.74) is 3.94. The van der Waals surface area contributed by atoms with Crippen LogP contribution in [0.3, 0.4) is 0 Å².